The average molecular weight is 249 g/mol. The number of carbonyl (C=O) groups is 1. The number of hydrogen-bond donors (Lipinski definition) is 2. The fourth-order valence-corrected chi connectivity index (χ4v) is 1.73. The predicted molar refractivity (Wildman–Crippen MR) is 75.7 cm³/mol. The molecule has 0 aliphatic rings. The van der Waals surface area contributed by atoms with Gasteiger partial charge < -0.3 is 16.0 Å². The van der Waals surface area contributed by atoms with E-state index in [-0.39, 0.29) is 5.91 Å². The smallest absolute Gasteiger partial charge is 0.251 e. The van der Waals surface area contributed by atoms with Crippen LogP contribution in [0.15, 0.2) is 18.2 Å². The molecule has 3 N–H and O–H groups in total. The number of nitrogen functional groups attached to an aromatic ring is 1. The molecule has 0 fully saturated rings. The molecule has 4 heteroatoms. The molecule has 0 heterocycles. The summed E-state index contributed by atoms with van der Waals surface area (Å²) in [5, 5.41) is 2.93. The Morgan fingerprint density at radius 2 is 2.06 bits per heavy atom. The maximum Gasteiger partial charge on any atom is 0.251 e. The van der Waals surface area contributed by atoms with Crippen molar-refractivity contribution < 1.29 is 4.79 Å². The van der Waals surface area contributed by atoms with Crippen LogP contribution in [0.2, 0.25) is 0 Å². The number of unbranched alkanes of at least 4 members (excludes halogenated alkanes) is 1. The number of nitrogens with two attached hydrogens (primary N) is 1. The number of rotatable bonds is 6. The third-order valence-corrected chi connectivity index (χ3v) is 2.82. The number of aryl methyl sites for hydroxylation is 1. The van der Waals surface area contributed by atoms with Crippen LogP contribution < -0.4 is 11.1 Å². The Labute approximate surface area is 109 Å². The molecule has 0 bridgehead atoms. The molecule has 100 valence electrons. The lowest BCUT2D eigenvalue weighted by Crippen LogP contribution is -2.26. The van der Waals surface area contributed by atoms with Crippen molar-refractivity contribution in [2.45, 2.75) is 19.8 Å². The third-order valence-electron chi connectivity index (χ3n) is 2.82. The zero-order chi connectivity index (χ0) is 13.5. The third kappa shape index (κ3) is 4.75. The summed E-state index contributed by atoms with van der Waals surface area (Å²) < 4.78 is 0. The Morgan fingerprint density at radius 1 is 1.33 bits per heavy atom. The van der Waals surface area contributed by atoms with E-state index in [0.29, 0.717) is 17.8 Å². The van der Waals surface area contributed by atoms with Crippen molar-refractivity contribution >= 4 is 11.6 Å². The van der Waals surface area contributed by atoms with E-state index >= 15 is 0 Å². The first-order valence-electron chi connectivity index (χ1n) is 6.30. The topological polar surface area (TPSA) is 58.4 Å². The number of hydrogen-bond acceptors (Lipinski definition) is 3. The molecule has 4 nitrogen and oxygen atoms in total. The Morgan fingerprint density at radius 3 is 2.72 bits per heavy atom. The zero-order valence-corrected chi connectivity index (χ0v) is 11.5. The van der Waals surface area contributed by atoms with Crippen LogP contribution in [0.5, 0.6) is 0 Å². The highest BCUT2D eigenvalue weighted by Gasteiger charge is 2.08. The van der Waals surface area contributed by atoms with Crippen LogP contribution in [0.1, 0.15) is 28.8 Å². The zero-order valence-electron chi connectivity index (χ0n) is 11.5. The van der Waals surface area contributed by atoms with Crippen molar-refractivity contribution in [2.24, 2.45) is 0 Å². The van der Waals surface area contributed by atoms with Gasteiger partial charge in [-0.15, -0.1) is 0 Å². The van der Waals surface area contributed by atoms with Gasteiger partial charge in [-0.05, 0) is 58.1 Å². The molecule has 0 unspecified atom stereocenters. The SMILES string of the molecule is Cc1ccc(N)cc1C(=O)NCCCCN(C)C. The van der Waals surface area contributed by atoms with Gasteiger partial charge in [0.1, 0.15) is 0 Å². The van der Waals surface area contributed by atoms with E-state index in [9.17, 15) is 4.79 Å². The Hall–Kier alpha value is -1.55. The van der Waals surface area contributed by atoms with Crippen molar-refractivity contribution in [3.63, 3.8) is 0 Å². The Bertz CT molecular complexity index is 402. The molecule has 0 radical (unpaired) electrons. The fourth-order valence-electron chi connectivity index (χ4n) is 1.73. The minimum atomic E-state index is -0.0374. The predicted octanol–water partition coefficient (Wildman–Crippen LogP) is 1.65. The van der Waals surface area contributed by atoms with Gasteiger partial charge in [-0.1, -0.05) is 6.07 Å². The maximum atomic E-state index is 11.9. The van der Waals surface area contributed by atoms with Crippen molar-refractivity contribution in [1.82, 2.24) is 10.2 Å². The first-order valence-corrected chi connectivity index (χ1v) is 6.30. The Kier molecular flexibility index (Phi) is 5.65. The van der Waals surface area contributed by atoms with Gasteiger partial charge in [-0.2, -0.15) is 0 Å². The molecule has 0 saturated carbocycles. The van der Waals surface area contributed by atoms with E-state index in [4.69, 9.17) is 5.73 Å². The summed E-state index contributed by atoms with van der Waals surface area (Å²) in [6, 6.07) is 5.41. The number of carbonyl (C=O) groups excluding carboxylic acids is 1. The normalized spacial score (nSPS) is 10.7. The van der Waals surface area contributed by atoms with Crippen LogP contribution in [-0.4, -0.2) is 38.0 Å². The summed E-state index contributed by atoms with van der Waals surface area (Å²) in [6.45, 7) is 3.68. The van der Waals surface area contributed by atoms with Crippen LogP contribution in [0.4, 0.5) is 5.69 Å². The summed E-state index contributed by atoms with van der Waals surface area (Å²) in [5.74, 6) is -0.0374. The quantitative estimate of drug-likeness (QED) is 0.595. The lowest BCUT2D eigenvalue weighted by Gasteiger charge is -2.10. The highest BCUT2D eigenvalue weighted by molar-refractivity contribution is 5.96. The van der Waals surface area contributed by atoms with Crippen LogP contribution in [0.3, 0.4) is 0 Å². The van der Waals surface area contributed by atoms with E-state index in [1.165, 1.54) is 0 Å². The fraction of sp³-hybridized carbons (Fsp3) is 0.500. The molecule has 1 aromatic carbocycles. The molecule has 0 aliphatic carbocycles. The van der Waals surface area contributed by atoms with E-state index in [1.54, 1.807) is 6.07 Å². The van der Waals surface area contributed by atoms with Gasteiger partial charge >= 0.3 is 0 Å². The minimum absolute atomic E-state index is 0.0374. The van der Waals surface area contributed by atoms with Gasteiger partial charge in [0.25, 0.3) is 5.91 Å². The molecule has 1 rings (SSSR count). The average Bonchev–Trinajstić information content (AvgIpc) is 2.31. The van der Waals surface area contributed by atoms with Crippen molar-refractivity contribution in [2.75, 3.05) is 32.9 Å². The van der Waals surface area contributed by atoms with Gasteiger partial charge in [0.2, 0.25) is 0 Å². The molecule has 0 saturated heterocycles. The number of nitrogens with zero attached hydrogens (tertiary/aromatic N) is 1. The first kappa shape index (κ1) is 14.5. The summed E-state index contributed by atoms with van der Waals surface area (Å²) in [6.07, 6.45) is 2.08. The van der Waals surface area contributed by atoms with E-state index in [1.807, 2.05) is 19.1 Å². The molecule has 18 heavy (non-hydrogen) atoms. The molecular formula is C14H23N3O. The lowest BCUT2D eigenvalue weighted by molar-refractivity contribution is 0.0952. The van der Waals surface area contributed by atoms with Gasteiger partial charge in [0.05, 0.1) is 0 Å². The molecule has 0 aromatic heterocycles. The Balaban J connectivity index is 2.39. The maximum absolute atomic E-state index is 11.9. The highest BCUT2D eigenvalue weighted by Crippen LogP contribution is 2.12. The minimum Gasteiger partial charge on any atom is -0.399 e. The molecule has 0 aliphatic heterocycles. The summed E-state index contributed by atoms with van der Waals surface area (Å²) in [4.78, 5) is 14.1. The molecule has 1 aromatic rings. The molecule has 1 amide bonds. The van der Waals surface area contributed by atoms with Gasteiger partial charge in [-0.25, -0.2) is 0 Å². The number of benzene rings is 1. The number of anilines is 1. The van der Waals surface area contributed by atoms with E-state index < -0.39 is 0 Å². The van der Waals surface area contributed by atoms with Gasteiger partial charge in [0.15, 0.2) is 0 Å². The largest absolute Gasteiger partial charge is 0.399 e. The molecule has 0 atom stereocenters. The van der Waals surface area contributed by atoms with E-state index in [2.05, 4.69) is 24.3 Å². The van der Waals surface area contributed by atoms with Crippen molar-refractivity contribution in [3.05, 3.63) is 29.3 Å². The summed E-state index contributed by atoms with van der Waals surface area (Å²) in [7, 11) is 4.10. The van der Waals surface area contributed by atoms with Crippen LogP contribution in [-0.2, 0) is 0 Å². The van der Waals surface area contributed by atoms with Crippen LogP contribution in [0, 0.1) is 6.92 Å². The molecule has 0 spiro atoms. The molecular weight excluding hydrogens is 226 g/mol. The van der Waals surface area contributed by atoms with Gasteiger partial charge in [-0.3, -0.25) is 4.79 Å². The second-order valence-corrected chi connectivity index (χ2v) is 4.84. The standard InChI is InChI=1S/C14H23N3O/c1-11-6-7-12(15)10-13(11)14(18)16-8-4-5-9-17(2)3/h6-7,10H,4-5,8-9,15H2,1-3H3,(H,16,18). The summed E-state index contributed by atoms with van der Waals surface area (Å²) in [5.41, 5.74) is 7.94. The van der Waals surface area contributed by atoms with Crippen LogP contribution >= 0.6 is 0 Å². The second-order valence-electron chi connectivity index (χ2n) is 4.84. The first-order chi connectivity index (χ1) is 8.50. The second kappa shape index (κ2) is 7.01. The highest BCUT2D eigenvalue weighted by atomic mass is 16.1. The monoisotopic (exact) mass is 249 g/mol. The number of amides is 1. The van der Waals surface area contributed by atoms with Crippen molar-refractivity contribution in [3.8, 4) is 0 Å². The van der Waals surface area contributed by atoms with Gasteiger partial charge in [0, 0.05) is 17.8 Å². The van der Waals surface area contributed by atoms with Crippen LogP contribution in [0.25, 0.3) is 0 Å². The number of nitrogens with one attached hydrogen (secondary N) is 1. The van der Waals surface area contributed by atoms with E-state index in [0.717, 1.165) is 24.9 Å². The van der Waals surface area contributed by atoms with Crippen molar-refractivity contribution in [1.29, 1.82) is 0 Å². The lowest BCUT2D eigenvalue weighted by atomic mass is 10.1. The summed E-state index contributed by atoms with van der Waals surface area (Å²) >= 11 is 0.